The third kappa shape index (κ3) is 0.754. The van der Waals surface area contributed by atoms with Crippen LogP contribution in [-0.2, 0) is 0 Å². The minimum Gasteiger partial charge on any atom is -0.315 e. The van der Waals surface area contributed by atoms with E-state index >= 15 is 0 Å². The molecular weight excluding hydrogens is 170 g/mol. The molecular formula is C6H9N7. The fourth-order valence-electron chi connectivity index (χ4n) is 1.62. The number of anilines is 1. The maximum absolute atomic E-state index is 3.99. The Morgan fingerprint density at radius 1 is 1.54 bits per heavy atom. The van der Waals surface area contributed by atoms with Crippen LogP contribution in [0.2, 0.25) is 0 Å². The zero-order chi connectivity index (χ0) is 8.84. The van der Waals surface area contributed by atoms with E-state index in [1.807, 2.05) is 4.90 Å². The van der Waals surface area contributed by atoms with Crippen LogP contribution in [-0.4, -0.2) is 33.4 Å². The van der Waals surface area contributed by atoms with Gasteiger partial charge in [-0.3, -0.25) is 10.3 Å². The summed E-state index contributed by atoms with van der Waals surface area (Å²) in [6.45, 7) is 2.07. The summed E-state index contributed by atoms with van der Waals surface area (Å²) in [7, 11) is 0. The van der Waals surface area contributed by atoms with E-state index in [2.05, 4.69) is 33.1 Å². The van der Waals surface area contributed by atoms with Gasteiger partial charge >= 0.3 is 0 Å². The van der Waals surface area contributed by atoms with Crippen molar-refractivity contribution in [1.29, 1.82) is 0 Å². The SMILES string of the molecule is CC1Nn2cnnc2N2C=NNC12. The monoisotopic (exact) mass is 179 g/mol. The molecule has 7 heteroatoms. The Morgan fingerprint density at radius 3 is 3.38 bits per heavy atom. The third-order valence-corrected chi connectivity index (χ3v) is 2.27. The van der Waals surface area contributed by atoms with Crippen LogP contribution < -0.4 is 15.8 Å². The molecule has 2 aliphatic heterocycles. The predicted octanol–water partition coefficient (Wildman–Crippen LogP) is -1.10. The van der Waals surface area contributed by atoms with Crippen molar-refractivity contribution >= 4 is 12.3 Å². The number of hydrazone groups is 1. The lowest BCUT2D eigenvalue weighted by Gasteiger charge is -2.34. The van der Waals surface area contributed by atoms with Crippen molar-refractivity contribution in [2.24, 2.45) is 5.10 Å². The van der Waals surface area contributed by atoms with Crippen molar-refractivity contribution in [3.05, 3.63) is 6.33 Å². The standard InChI is InChI=1S/C6H9N7/c1-4-5-9-7-2-12(5)6-10-8-3-13(6)11-4/h2-5,9,11H,1H3. The molecule has 2 N–H and O–H groups in total. The van der Waals surface area contributed by atoms with Crippen molar-refractivity contribution < 1.29 is 0 Å². The largest absolute Gasteiger partial charge is 0.315 e. The molecule has 2 atom stereocenters. The zero-order valence-electron chi connectivity index (χ0n) is 7.05. The lowest BCUT2D eigenvalue weighted by Crippen LogP contribution is -2.55. The van der Waals surface area contributed by atoms with Crippen LogP contribution in [0.1, 0.15) is 6.92 Å². The van der Waals surface area contributed by atoms with Crippen LogP contribution in [0.5, 0.6) is 0 Å². The molecule has 0 saturated heterocycles. The number of hydrogen-bond donors (Lipinski definition) is 2. The van der Waals surface area contributed by atoms with Crippen molar-refractivity contribution in [3.63, 3.8) is 0 Å². The molecule has 0 amide bonds. The number of nitrogens with zero attached hydrogens (tertiary/aromatic N) is 5. The van der Waals surface area contributed by atoms with Gasteiger partial charge in [0, 0.05) is 0 Å². The minimum atomic E-state index is 0.136. The summed E-state index contributed by atoms with van der Waals surface area (Å²) in [5, 5.41) is 11.8. The Kier molecular flexibility index (Phi) is 1.09. The van der Waals surface area contributed by atoms with Crippen LogP contribution in [0, 0.1) is 0 Å². The molecule has 2 unspecified atom stereocenters. The van der Waals surface area contributed by atoms with Gasteiger partial charge in [0.15, 0.2) is 0 Å². The Labute approximate surface area is 74.4 Å². The van der Waals surface area contributed by atoms with Crippen molar-refractivity contribution in [3.8, 4) is 0 Å². The van der Waals surface area contributed by atoms with Gasteiger partial charge in [-0.2, -0.15) is 5.10 Å². The van der Waals surface area contributed by atoms with Gasteiger partial charge < -0.3 is 5.43 Å². The van der Waals surface area contributed by atoms with Gasteiger partial charge in [-0.25, -0.2) is 4.68 Å². The molecule has 13 heavy (non-hydrogen) atoms. The second-order valence-electron chi connectivity index (χ2n) is 3.14. The fourth-order valence-corrected chi connectivity index (χ4v) is 1.62. The van der Waals surface area contributed by atoms with Crippen LogP contribution in [0.25, 0.3) is 0 Å². The molecule has 1 aromatic rings. The molecule has 0 radical (unpaired) electrons. The number of fused-ring (bicyclic) bond motifs is 3. The molecule has 0 bridgehead atoms. The van der Waals surface area contributed by atoms with Gasteiger partial charge in [0.05, 0.1) is 6.04 Å². The van der Waals surface area contributed by atoms with E-state index in [1.165, 1.54) is 0 Å². The third-order valence-electron chi connectivity index (χ3n) is 2.27. The summed E-state index contributed by atoms with van der Waals surface area (Å²) in [5.74, 6) is 0.761. The van der Waals surface area contributed by atoms with E-state index < -0.39 is 0 Å². The van der Waals surface area contributed by atoms with Gasteiger partial charge in [0.2, 0.25) is 0 Å². The van der Waals surface area contributed by atoms with Crippen molar-refractivity contribution in [2.75, 3.05) is 10.3 Å². The number of rotatable bonds is 0. The van der Waals surface area contributed by atoms with Gasteiger partial charge in [0.1, 0.15) is 18.8 Å². The van der Waals surface area contributed by atoms with Gasteiger partial charge in [0.25, 0.3) is 5.95 Å². The molecule has 3 rings (SSSR count). The quantitative estimate of drug-likeness (QED) is 0.529. The molecule has 1 aromatic heterocycles. The maximum atomic E-state index is 3.99. The van der Waals surface area contributed by atoms with E-state index in [0.29, 0.717) is 0 Å². The average molecular weight is 179 g/mol. The van der Waals surface area contributed by atoms with E-state index in [9.17, 15) is 0 Å². The van der Waals surface area contributed by atoms with Crippen molar-refractivity contribution in [1.82, 2.24) is 20.3 Å². The first-order valence-electron chi connectivity index (χ1n) is 4.10. The topological polar surface area (TPSA) is 70.4 Å². The predicted molar refractivity (Wildman–Crippen MR) is 46.7 cm³/mol. The zero-order valence-corrected chi connectivity index (χ0v) is 7.05. The average Bonchev–Trinajstić information content (AvgIpc) is 2.66. The van der Waals surface area contributed by atoms with E-state index in [0.717, 1.165) is 5.95 Å². The Hall–Kier alpha value is -1.79. The second kappa shape index (κ2) is 2.12. The van der Waals surface area contributed by atoms with Crippen LogP contribution in [0.4, 0.5) is 5.95 Å². The van der Waals surface area contributed by atoms with Crippen LogP contribution >= 0.6 is 0 Å². The van der Waals surface area contributed by atoms with E-state index in [4.69, 9.17) is 0 Å². The summed E-state index contributed by atoms with van der Waals surface area (Å²) in [6.07, 6.45) is 3.51. The Morgan fingerprint density at radius 2 is 2.46 bits per heavy atom. The van der Waals surface area contributed by atoms with E-state index in [1.54, 1.807) is 17.3 Å². The van der Waals surface area contributed by atoms with Gasteiger partial charge in [-0.15, -0.1) is 10.2 Å². The lowest BCUT2D eigenvalue weighted by molar-refractivity contribution is 0.461. The molecule has 3 heterocycles. The van der Waals surface area contributed by atoms with Crippen molar-refractivity contribution in [2.45, 2.75) is 19.1 Å². The summed E-state index contributed by atoms with van der Waals surface area (Å²) in [6, 6.07) is 0.256. The normalized spacial score (nSPS) is 29.2. The molecule has 2 aliphatic rings. The van der Waals surface area contributed by atoms with E-state index in [-0.39, 0.29) is 12.2 Å². The maximum Gasteiger partial charge on any atom is 0.253 e. The highest BCUT2D eigenvalue weighted by atomic mass is 15.7. The first-order chi connectivity index (χ1) is 6.36. The lowest BCUT2D eigenvalue weighted by atomic mass is 10.2. The van der Waals surface area contributed by atoms with Gasteiger partial charge in [-0.05, 0) is 6.92 Å². The Bertz CT molecular complexity index is 356. The molecule has 68 valence electrons. The summed E-state index contributed by atoms with van der Waals surface area (Å²) >= 11 is 0. The highest BCUT2D eigenvalue weighted by Gasteiger charge is 2.34. The minimum absolute atomic E-state index is 0.136. The molecule has 0 aromatic carbocycles. The molecule has 0 fully saturated rings. The van der Waals surface area contributed by atoms with Crippen LogP contribution in [0.15, 0.2) is 11.4 Å². The molecule has 0 saturated carbocycles. The smallest absolute Gasteiger partial charge is 0.253 e. The highest BCUT2D eigenvalue weighted by molar-refractivity contribution is 5.79. The van der Waals surface area contributed by atoms with Crippen LogP contribution in [0.3, 0.4) is 0 Å². The number of aromatic nitrogens is 3. The summed E-state index contributed by atoms with van der Waals surface area (Å²) in [5.41, 5.74) is 6.21. The first-order valence-corrected chi connectivity index (χ1v) is 4.10. The number of hydrogen-bond acceptors (Lipinski definition) is 6. The molecule has 0 spiro atoms. The van der Waals surface area contributed by atoms with Gasteiger partial charge in [-0.1, -0.05) is 0 Å². The summed E-state index contributed by atoms with van der Waals surface area (Å²) < 4.78 is 1.79. The molecule has 7 nitrogen and oxygen atoms in total. The second-order valence-corrected chi connectivity index (χ2v) is 3.14. The number of nitrogens with one attached hydrogen (secondary N) is 2. The summed E-state index contributed by atoms with van der Waals surface area (Å²) in [4.78, 5) is 1.95. The fraction of sp³-hybridized carbons (Fsp3) is 0.500. The Balaban J connectivity index is 2.09. The first kappa shape index (κ1) is 6.70. The highest BCUT2D eigenvalue weighted by Crippen LogP contribution is 2.19. The molecule has 0 aliphatic carbocycles.